The van der Waals surface area contributed by atoms with E-state index in [2.05, 4.69) is 4.90 Å². The fourth-order valence-electron chi connectivity index (χ4n) is 5.69. The number of para-hydroxylation sites is 1. The summed E-state index contributed by atoms with van der Waals surface area (Å²) in [6.07, 6.45) is 2.97. The second-order valence-electron chi connectivity index (χ2n) is 10.4. The lowest BCUT2D eigenvalue weighted by Gasteiger charge is -2.45. The molecule has 0 amide bonds. The van der Waals surface area contributed by atoms with Gasteiger partial charge in [0.05, 0.1) is 10.9 Å². The lowest BCUT2D eigenvalue weighted by Crippen LogP contribution is -2.50. The minimum atomic E-state index is -3.00. The van der Waals surface area contributed by atoms with Gasteiger partial charge >= 0.3 is 0 Å². The predicted molar refractivity (Wildman–Crippen MR) is 132 cm³/mol. The number of ether oxygens (including phenoxy) is 1. The van der Waals surface area contributed by atoms with Gasteiger partial charge in [-0.25, -0.2) is 4.39 Å². The Morgan fingerprint density at radius 2 is 1.94 bits per heavy atom. The van der Waals surface area contributed by atoms with Crippen LogP contribution in [0, 0.1) is 11.7 Å². The molecular weight excluding hydrogens is 497 g/mol. The van der Waals surface area contributed by atoms with E-state index in [1.165, 1.54) is 23.5 Å². The molecule has 1 aromatic heterocycles. The molecule has 0 bridgehead atoms. The minimum absolute atomic E-state index is 0.0237. The summed E-state index contributed by atoms with van der Waals surface area (Å²) in [6.45, 7) is 4.18. The van der Waals surface area contributed by atoms with E-state index in [0.29, 0.717) is 34.3 Å². The highest BCUT2D eigenvalue weighted by molar-refractivity contribution is 7.16. The smallest absolute Gasteiger partial charge is 0.297 e. The quantitative estimate of drug-likeness (QED) is 0.581. The molecule has 1 spiro atoms. The first kappa shape index (κ1) is 23.7. The molecule has 35 heavy (non-hydrogen) atoms. The lowest BCUT2D eigenvalue weighted by atomic mass is 9.84. The summed E-state index contributed by atoms with van der Waals surface area (Å²) in [5.41, 5.74) is 7.57. The zero-order valence-corrected chi connectivity index (χ0v) is 21.1. The van der Waals surface area contributed by atoms with Gasteiger partial charge in [0.1, 0.15) is 23.7 Å². The average Bonchev–Trinajstić information content (AvgIpc) is 3.26. The van der Waals surface area contributed by atoms with E-state index in [1.54, 1.807) is 11.1 Å². The second-order valence-corrected chi connectivity index (χ2v) is 12.1. The molecule has 1 aliphatic carbocycles. The number of piperidine rings is 1. The number of hydrogen-bond donors (Lipinski definition) is 1. The number of benzene rings is 1. The highest BCUT2D eigenvalue weighted by Crippen LogP contribution is 2.52. The zero-order chi connectivity index (χ0) is 24.6. The van der Waals surface area contributed by atoms with E-state index < -0.39 is 23.7 Å². The lowest BCUT2D eigenvalue weighted by molar-refractivity contribution is -0.181. The third-order valence-corrected chi connectivity index (χ3v) is 9.46. The van der Waals surface area contributed by atoms with Gasteiger partial charge in [-0.3, -0.25) is 5.01 Å². The van der Waals surface area contributed by atoms with Crippen molar-refractivity contribution in [2.24, 2.45) is 16.8 Å². The van der Waals surface area contributed by atoms with Crippen molar-refractivity contribution in [2.75, 3.05) is 37.8 Å². The van der Waals surface area contributed by atoms with Gasteiger partial charge in [-0.1, -0.05) is 23.7 Å². The summed E-state index contributed by atoms with van der Waals surface area (Å²) in [7, 11) is 0. The van der Waals surface area contributed by atoms with E-state index in [-0.39, 0.29) is 17.3 Å². The summed E-state index contributed by atoms with van der Waals surface area (Å²) in [5, 5.41) is 6.48. The first-order valence-corrected chi connectivity index (χ1v) is 13.2. The molecule has 10 heteroatoms. The van der Waals surface area contributed by atoms with Gasteiger partial charge < -0.3 is 15.4 Å². The number of halogens is 4. The van der Waals surface area contributed by atoms with Crippen molar-refractivity contribution in [2.45, 2.75) is 49.7 Å². The van der Waals surface area contributed by atoms with Gasteiger partial charge in [-0.2, -0.15) is 13.9 Å². The molecule has 1 atom stereocenters. The number of nitrogens with two attached hydrogens (primary N) is 1. The number of hydrazone groups is 1. The summed E-state index contributed by atoms with van der Waals surface area (Å²) >= 11 is 7.33. The zero-order valence-electron chi connectivity index (χ0n) is 19.5. The molecule has 1 saturated heterocycles. The van der Waals surface area contributed by atoms with Crippen LogP contribution in [0.1, 0.15) is 48.6 Å². The van der Waals surface area contributed by atoms with Crippen molar-refractivity contribution < 1.29 is 17.9 Å². The first-order valence-electron chi connectivity index (χ1n) is 12.1. The van der Waals surface area contributed by atoms with E-state index >= 15 is 0 Å². The molecule has 1 saturated carbocycles. The van der Waals surface area contributed by atoms with Gasteiger partial charge in [0.2, 0.25) is 0 Å². The second kappa shape index (κ2) is 8.18. The Kier molecular flexibility index (Phi) is 5.55. The fraction of sp³-hybridized carbons (Fsp3) is 0.560. The first-order chi connectivity index (χ1) is 16.6. The summed E-state index contributed by atoms with van der Waals surface area (Å²) in [4.78, 5) is 2.91. The molecule has 5 nitrogen and oxygen atoms in total. The number of hydrogen-bond acceptors (Lipinski definition) is 6. The molecule has 4 aliphatic rings. The number of nitrogens with zero attached hydrogens (tertiary/aromatic N) is 3. The van der Waals surface area contributed by atoms with Crippen LogP contribution in [0.25, 0.3) is 0 Å². The Hall–Kier alpha value is -1.65. The minimum Gasteiger partial charge on any atom is -0.363 e. The molecule has 4 heterocycles. The number of rotatable bonds is 4. The molecule has 1 aromatic carbocycles. The van der Waals surface area contributed by atoms with Gasteiger partial charge in [0.25, 0.3) is 5.92 Å². The highest BCUT2D eigenvalue weighted by atomic mass is 35.5. The Morgan fingerprint density at radius 3 is 2.66 bits per heavy atom. The van der Waals surface area contributed by atoms with Crippen LogP contribution in [0.4, 0.5) is 18.9 Å². The number of likely N-dealkylation sites (tertiary alicyclic amines) is 1. The third kappa shape index (κ3) is 4.00. The van der Waals surface area contributed by atoms with Crippen molar-refractivity contribution in [3.8, 4) is 0 Å². The maximum atomic E-state index is 14.9. The van der Waals surface area contributed by atoms with Crippen LogP contribution in [0.15, 0.2) is 29.4 Å². The van der Waals surface area contributed by atoms with Crippen LogP contribution in [-0.2, 0) is 21.8 Å². The van der Waals surface area contributed by atoms with Crippen LogP contribution >= 0.6 is 22.9 Å². The number of alkyl halides is 2. The maximum Gasteiger partial charge on any atom is 0.297 e. The van der Waals surface area contributed by atoms with E-state index in [1.807, 2.05) is 13.0 Å². The predicted octanol–water partition coefficient (Wildman–Crippen LogP) is 5.41. The Labute approximate surface area is 211 Å². The summed E-state index contributed by atoms with van der Waals surface area (Å²) in [6, 6.07) is 6.48. The number of anilines is 1. The normalized spacial score (nSPS) is 26.6. The van der Waals surface area contributed by atoms with Gasteiger partial charge in [0, 0.05) is 52.8 Å². The molecule has 1 unspecified atom stereocenters. The maximum absolute atomic E-state index is 14.9. The van der Waals surface area contributed by atoms with E-state index in [9.17, 15) is 13.2 Å². The molecule has 6 rings (SSSR count). The largest absolute Gasteiger partial charge is 0.363 e. The van der Waals surface area contributed by atoms with Crippen molar-refractivity contribution >= 4 is 34.3 Å². The Morgan fingerprint density at radius 1 is 1.20 bits per heavy atom. The van der Waals surface area contributed by atoms with Crippen molar-refractivity contribution in [3.63, 3.8) is 0 Å². The van der Waals surface area contributed by atoms with E-state index in [0.717, 1.165) is 43.8 Å². The molecule has 2 N–H and O–H groups in total. The topological polar surface area (TPSA) is 54.1 Å². The van der Waals surface area contributed by atoms with Gasteiger partial charge in [-0.15, -0.1) is 11.3 Å². The molecular formula is C25H28ClF3N4OS. The fourth-order valence-corrected chi connectivity index (χ4v) is 7.17. The van der Waals surface area contributed by atoms with Crippen molar-refractivity contribution in [1.29, 1.82) is 0 Å². The van der Waals surface area contributed by atoms with Crippen LogP contribution in [-0.4, -0.2) is 43.4 Å². The average molecular weight is 525 g/mol. The van der Waals surface area contributed by atoms with Gasteiger partial charge in [0.15, 0.2) is 0 Å². The number of thiophene rings is 1. The van der Waals surface area contributed by atoms with Crippen LogP contribution in [0.5, 0.6) is 0 Å². The molecule has 2 fully saturated rings. The van der Waals surface area contributed by atoms with Crippen molar-refractivity contribution in [1.82, 2.24) is 4.90 Å². The third-order valence-electron chi connectivity index (χ3n) is 8.01. The van der Waals surface area contributed by atoms with Crippen LogP contribution < -0.4 is 10.7 Å². The summed E-state index contributed by atoms with van der Waals surface area (Å²) < 4.78 is 49.9. The standard InChI is InChI=1S/C25H28ClF3N4OS/c1-15-16(13-33(31-15)21-17(23(30)5-6-23)3-2-4-19(21)27)12-32-9-7-24(8-10-32)22-18(11-20(26)35-22)25(28,29)14-34-24/h2-4,11,16H,5-10,12-14,30H2,1H3. The number of fused-ring (bicyclic) bond motifs is 2. The monoisotopic (exact) mass is 524 g/mol. The Bertz CT molecular complexity index is 1190. The highest BCUT2D eigenvalue weighted by Gasteiger charge is 2.52. The van der Waals surface area contributed by atoms with Crippen LogP contribution in [0.2, 0.25) is 4.34 Å². The van der Waals surface area contributed by atoms with Crippen molar-refractivity contribution in [3.05, 3.63) is 50.4 Å². The molecule has 188 valence electrons. The SMILES string of the molecule is CC1=NN(c2c(F)cccc2C2(N)CC2)CC1CN1CCC2(CC1)OCC(F)(F)c1cc(Cl)sc12. The van der Waals surface area contributed by atoms with E-state index in [4.69, 9.17) is 27.2 Å². The molecule has 2 aromatic rings. The molecule has 0 radical (unpaired) electrons. The Balaban J connectivity index is 1.14. The van der Waals surface area contributed by atoms with Gasteiger partial charge in [-0.05, 0) is 44.7 Å². The summed E-state index contributed by atoms with van der Waals surface area (Å²) in [5.74, 6) is -3.16. The van der Waals surface area contributed by atoms with Crippen LogP contribution in [0.3, 0.4) is 0 Å². The molecule has 3 aliphatic heterocycles.